The molecule has 1 fully saturated rings. The molecular weight excluding hydrogens is 270 g/mol. The number of hydrogen-bond acceptors (Lipinski definition) is 7. The molecule has 7 heteroatoms. The van der Waals surface area contributed by atoms with Crippen molar-refractivity contribution in [3.05, 3.63) is 17.5 Å². The highest BCUT2D eigenvalue weighted by atomic mass is 16.5. The molecule has 1 aromatic heterocycles. The zero-order valence-corrected chi connectivity index (χ0v) is 12.7. The number of aromatic nitrogens is 2. The molecule has 2 rings (SSSR count). The van der Waals surface area contributed by atoms with Crippen LogP contribution in [0.3, 0.4) is 0 Å². The second kappa shape index (κ2) is 7.90. The Bertz CT molecular complexity index is 474. The number of rotatable bonds is 6. The third-order valence-electron chi connectivity index (χ3n) is 3.40. The minimum atomic E-state index is -0.373. The molecule has 1 aliphatic heterocycles. The normalized spacial score (nSPS) is 15.7. The lowest BCUT2D eigenvalue weighted by atomic mass is 10.2. The summed E-state index contributed by atoms with van der Waals surface area (Å²) in [5.74, 6) is 0.179. The van der Waals surface area contributed by atoms with Gasteiger partial charge in [0.2, 0.25) is 5.95 Å². The summed E-state index contributed by atoms with van der Waals surface area (Å²) in [6.45, 7) is 9.90. The molecule has 0 atom stereocenters. The number of carbonyl (C=O) groups is 1. The van der Waals surface area contributed by atoms with Gasteiger partial charge in [0, 0.05) is 45.5 Å². The van der Waals surface area contributed by atoms with Crippen LogP contribution < -0.4 is 10.6 Å². The van der Waals surface area contributed by atoms with Crippen molar-refractivity contribution in [1.82, 2.24) is 20.2 Å². The number of esters is 1. The number of anilines is 1. The first kappa shape index (κ1) is 15.7. The van der Waals surface area contributed by atoms with Gasteiger partial charge in [0.25, 0.3) is 0 Å². The summed E-state index contributed by atoms with van der Waals surface area (Å²) >= 11 is 0. The van der Waals surface area contributed by atoms with Crippen LogP contribution in [0.1, 0.15) is 23.0 Å². The van der Waals surface area contributed by atoms with Gasteiger partial charge in [-0.25, -0.2) is 14.8 Å². The van der Waals surface area contributed by atoms with Crippen molar-refractivity contribution in [3.8, 4) is 0 Å². The van der Waals surface area contributed by atoms with E-state index in [4.69, 9.17) is 4.74 Å². The molecular formula is C14H23N5O2. The van der Waals surface area contributed by atoms with Crippen LogP contribution in [0.2, 0.25) is 0 Å². The Hall–Kier alpha value is -1.73. The fraction of sp³-hybridized carbons (Fsp3) is 0.643. The Morgan fingerprint density at radius 1 is 1.48 bits per heavy atom. The first-order chi connectivity index (χ1) is 10.2. The first-order valence-electron chi connectivity index (χ1n) is 7.38. The van der Waals surface area contributed by atoms with Gasteiger partial charge in [-0.2, -0.15) is 0 Å². The number of piperazine rings is 1. The van der Waals surface area contributed by atoms with E-state index in [9.17, 15) is 4.79 Å². The van der Waals surface area contributed by atoms with E-state index in [2.05, 4.69) is 25.5 Å². The summed E-state index contributed by atoms with van der Waals surface area (Å²) in [6.07, 6.45) is 1.52. The van der Waals surface area contributed by atoms with E-state index < -0.39 is 0 Å². The van der Waals surface area contributed by atoms with Crippen molar-refractivity contribution in [3.63, 3.8) is 0 Å². The van der Waals surface area contributed by atoms with Crippen LogP contribution >= 0.6 is 0 Å². The molecule has 0 bridgehead atoms. The quantitative estimate of drug-likeness (QED) is 0.729. The van der Waals surface area contributed by atoms with Gasteiger partial charge >= 0.3 is 5.97 Å². The molecule has 1 saturated heterocycles. The second-order valence-electron chi connectivity index (χ2n) is 4.93. The number of hydrogen-bond donors (Lipinski definition) is 2. The van der Waals surface area contributed by atoms with Gasteiger partial charge in [-0.15, -0.1) is 0 Å². The van der Waals surface area contributed by atoms with Gasteiger partial charge in [-0.3, -0.25) is 4.90 Å². The number of ether oxygens (including phenoxy) is 1. The Kier molecular flexibility index (Phi) is 5.89. The number of nitrogens with zero attached hydrogens (tertiary/aromatic N) is 3. The topological polar surface area (TPSA) is 79.4 Å². The summed E-state index contributed by atoms with van der Waals surface area (Å²) in [7, 11) is 0. The first-order valence-corrected chi connectivity index (χ1v) is 7.38. The maximum atomic E-state index is 11.7. The van der Waals surface area contributed by atoms with E-state index in [0.29, 0.717) is 23.8 Å². The lowest BCUT2D eigenvalue weighted by Crippen LogP contribution is -2.45. The van der Waals surface area contributed by atoms with Gasteiger partial charge in [0.15, 0.2) is 0 Å². The Labute approximate surface area is 125 Å². The summed E-state index contributed by atoms with van der Waals surface area (Å²) in [5, 5.41) is 6.52. The highest BCUT2D eigenvalue weighted by Gasteiger charge is 2.13. The molecule has 116 valence electrons. The number of nitrogens with one attached hydrogen (secondary N) is 2. The van der Waals surface area contributed by atoms with E-state index in [0.717, 1.165) is 39.3 Å². The van der Waals surface area contributed by atoms with Crippen LogP contribution in [0, 0.1) is 6.92 Å². The predicted octanol–water partition coefficient (Wildman–Crippen LogP) is 0.279. The van der Waals surface area contributed by atoms with Crippen molar-refractivity contribution in [2.75, 3.05) is 51.2 Å². The maximum absolute atomic E-state index is 11.7. The average Bonchev–Trinajstić information content (AvgIpc) is 2.48. The van der Waals surface area contributed by atoms with E-state index in [-0.39, 0.29) is 5.97 Å². The van der Waals surface area contributed by atoms with Crippen LogP contribution in [-0.4, -0.2) is 66.7 Å². The summed E-state index contributed by atoms with van der Waals surface area (Å²) in [4.78, 5) is 22.5. The third kappa shape index (κ3) is 4.64. The van der Waals surface area contributed by atoms with E-state index in [1.807, 2.05) is 0 Å². The molecule has 0 radical (unpaired) electrons. The standard InChI is InChI=1S/C14H23N5O2/c1-3-21-13(20)12-10-17-14(18-11(12)2)16-6-9-19-7-4-15-5-8-19/h10,15H,3-9H2,1-2H3,(H,16,17,18). The van der Waals surface area contributed by atoms with E-state index in [1.54, 1.807) is 13.8 Å². The summed E-state index contributed by atoms with van der Waals surface area (Å²) in [5.41, 5.74) is 1.05. The SMILES string of the molecule is CCOC(=O)c1cnc(NCCN2CCNCC2)nc1C. The van der Waals surface area contributed by atoms with Crippen LogP contribution in [0.15, 0.2) is 6.20 Å². The molecule has 1 aromatic rings. The zero-order valence-electron chi connectivity index (χ0n) is 12.7. The van der Waals surface area contributed by atoms with Crippen molar-refractivity contribution < 1.29 is 9.53 Å². The minimum Gasteiger partial charge on any atom is -0.462 e. The van der Waals surface area contributed by atoms with E-state index in [1.165, 1.54) is 6.20 Å². The fourth-order valence-corrected chi connectivity index (χ4v) is 2.22. The molecule has 0 spiro atoms. The molecule has 1 aliphatic rings. The van der Waals surface area contributed by atoms with Crippen molar-refractivity contribution in [1.29, 1.82) is 0 Å². The lowest BCUT2D eigenvalue weighted by molar-refractivity contribution is 0.0524. The minimum absolute atomic E-state index is 0.350. The van der Waals surface area contributed by atoms with Crippen LogP contribution in [0.4, 0.5) is 5.95 Å². The fourth-order valence-electron chi connectivity index (χ4n) is 2.22. The molecule has 0 unspecified atom stereocenters. The average molecular weight is 293 g/mol. The van der Waals surface area contributed by atoms with Crippen LogP contribution in [0.5, 0.6) is 0 Å². The summed E-state index contributed by atoms with van der Waals surface area (Å²) < 4.78 is 4.96. The third-order valence-corrected chi connectivity index (χ3v) is 3.40. The zero-order chi connectivity index (χ0) is 15.1. The molecule has 0 aliphatic carbocycles. The molecule has 2 N–H and O–H groups in total. The van der Waals surface area contributed by atoms with Crippen LogP contribution in [0.25, 0.3) is 0 Å². The maximum Gasteiger partial charge on any atom is 0.341 e. The smallest absolute Gasteiger partial charge is 0.341 e. The van der Waals surface area contributed by atoms with Gasteiger partial charge < -0.3 is 15.4 Å². The summed E-state index contributed by atoms with van der Waals surface area (Å²) in [6, 6.07) is 0. The molecule has 0 saturated carbocycles. The van der Waals surface area contributed by atoms with Gasteiger partial charge in [-0.1, -0.05) is 0 Å². The van der Waals surface area contributed by atoms with Crippen molar-refractivity contribution >= 4 is 11.9 Å². The number of carbonyl (C=O) groups excluding carboxylic acids is 1. The molecule has 21 heavy (non-hydrogen) atoms. The Morgan fingerprint density at radius 2 is 2.24 bits per heavy atom. The largest absolute Gasteiger partial charge is 0.462 e. The molecule has 7 nitrogen and oxygen atoms in total. The van der Waals surface area contributed by atoms with Gasteiger partial charge in [-0.05, 0) is 13.8 Å². The Morgan fingerprint density at radius 3 is 2.90 bits per heavy atom. The molecule has 0 aromatic carbocycles. The highest BCUT2D eigenvalue weighted by Crippen LogP contribution is 2.08. The monoisotopic (exact) mass is 293 g/mol. The molecule has 0 amide bonds. The van der Waals surface area contributed by atoms with Gasteiger partial charge in [0.05, 0.1) is 17.9 Å². The van der Waals surface area contributed by atoms with Gasteiger partial charge in [0.1, 0.15) is 0 Å². The van der Waals surface area contributed by atoms with Crippen molar-refractivity contribution in [2.45, 2.75) is 13.8 Å². The van der Waals surface area contributed by atoms with Crippen molar-refractivity contribution in [2.24, 2.45) is 0 Å². The van der Waals surface area contributed by atoms with Crippen LogP contribution in [-0.2, 0) is 4.74 Å². The number of aryl methyl sites for hydroxylation is 1. The lowest BCUT2D eigenvalue weighted by Gasteiger charge is -2.27. The predicted molar refractivity (Wildman–Crippen MR) is 80.5 cm³/mol. The second-order valence-corrected chi connectivity index (χ2v) is 4.93. The highest BCUT2D eigenvalue weighted by molar-refractivity contribution is 5.90. The molecule has 2 heterocycles. The Balaban J connectivity index is 1.83. The van der Waals surface area contributed by atoms with E-state index >= 15 is 0 Å².